The molecule has 0 saturated heterocycles. The van der Waals surface area contributed by atoms with Crippen molar-refractivity contribution in [1.82, 2.24) is 4.90 Å². The van der Waals surface area contributed by atoms with Crippen molar-refractivity contribution in [3.63, 3.8) is 0 Å². The van der Waals surface area contributed by atoms with Crippen molar-refractivity contribution < 1.29 is 14.7 Å². The quantitative estimate of drug-likeness (QED) is 0.920. The van der Waals surface area contributed by atoms with Crippen LogP contribution in [0.3, 0.4) is 0 Å². The van der Waals surface area contributed by atoms with Crippen molar-refractivity contribution >= 4 is 27.8 Å². The SMILES string of the molecule is C[C@@H](C(=O)O)N(C)C(=O)C1C2Cc3ccc(Br)cc3C21. The molecular weight excluding hydrogens is 322 g/mol. The van der Waals surface area contributed by atoms with E-state index in [9.17, 15) is 9.59 Å². The average molecular weight is 338 g/mol. The number of fused-ring (bicyclic) bond motifs is 3. The van der Waals surface area contributed by atoms with Crippen molar-refractivity contribution in [3.8, 4) is 0 Å². The number of rotatable bonds is 3. The summed E-state index contributed by atoms with van der Waals surface area (Å²) in [5.41, 5.74) is 2.57. The second kappa shape index (κ2) is 4.58. The molecule has 1 aromatic carbocycles. The third kappa shape index (κ3) is 1.95. The highest BCUT2D eigenvalue weighted by molar-refractivity contribution is 9.10. The van der Waals surface area contributed by atoms with E-state index in [0.29, 0.717) is 5.92 Å². The van der Waals surface area contributed by atoms with Gasteiger partial charge >= 0.3 is 5.97 Å². The zero-order chi connectivity index (χ0) is 14.6. The van der Waals surface area contributed by atoms with Gasteiger partial charge in [0.2, 0.25) is 5.91 Å². The van der Waals surface area contributed by atoms with Crippen molar-refractivity contribution in [1.29, 1.82) is 0 Å². The van der Waals surface area contributed by atoms with Crippen LogP contribution in [0, 0.1) is 11.8 Å². The Kier molecular flexibility index (Phi) is 3.12. The summed E-state index contributed by atoms with van der Waals surface area (Å²) in [6, 6.07) is 5.45. The summed E-state index contributed by atoms with van der Waals surface area (Å²) >= 11 is 3.47. The minimum Gasteiger partial charge on any atom is -0.480 e. The van der Waals surface area contributed by atoms with E-state index in [1.165, 1.54) is 16.0 Å². The third-order valence-corrected chi connectivity index (χ3v) is 5.16. The molecule has 4 atom stereocenters. The number of benzene rings is 1. The number of likely N-dealkylation sites (N-methyl/N-ethyl adjacent to an activating group) is 1. The fraction of sp³-hybridized carbons (Fsp3) is 0.467. The zero-order valence-electron chi connectivity index (χ0n) is 11.3. The first-order chi connectivity index (χ1) is 9.41. The van der Waals surface area contributed by atoms with Crippen molar-refractivity contribution in [2.45, 2.75) is 25.3 Å². The van der Waals surface area contributed by atoms with E-state index in [2.05, 4.69) is 28.1 Å². The first-order valence-corrected chi connectivity index (χ1v) is 7.49. The maximum absolute atomic E-state index is 12.4. The number of hydrogen-bond acceptors (Lipinski definition) is 2. The van der Waals surface area contributed by atoms with Gasteiger partial charge in [-0.3, -0.25) is 4.79 Å². The number of hydrogen-bond donors (Lipinski definition) is 1. The summed E-state index contributed by atoms with van der Waals surface area (Å²) in [5.74, 6) is -0.410. The maximum atomic E-state index is 12.4. The van der Waals surface area contributed by atoms with E-state index in [0.717, 1.165) is 10.9 Å². The van der Waals surface area contributed by atoms with Gasteiger partial charge in [-0.15, -0.1) is 0 Å². The van der Waals surface area contributed by atoms with Crippen LogP contribution in [0.2, 0.25) is 0 Å². The number of halogens is 1. The smallest absolute Gasteiger partial charge is 0.326 e. The molecule has 0 radical (unpaired) electrons. The van der Waals surface area contributed by atoms with Crippen LogP contribution in [0.5, 0.6) is 0 Å². The number of aliphatic carboxylic acids is 1. The molecule has 5 heteroatoms. The second-order valence-corrected chi connectivity index (χ2v) is 6.64. The standard InChI is InChI=1S/C15H16BrNO3/c1-7(15(19)20)17(2)14(18)13-11-5-8-3-4-9(16)6-10(8)12(11)13/h3-4,6-7,11-13H,5H2,1-2H3,(H,19,20)/t7-,11?,12?,13?/m0/s1. The number of carbonyl (C=O) groups is 2. The van der Waals surface area contributed by atoms with Crippen LogP contribution in [0.15, 0.2) is 22.7 Å². The number of amides is 1. The van der Waals surface area contributed by atoms with Crippen LogP contribution >= 0.6 is 15.9 Å². The fourth-order valence-corrected chi connectivity index (χ4v) is 3.67. The number of carboxylic acids is 1. The first kappa shape index (κ1) is 13.6. The van der Waals surface area contributed by atoms with E-state index in [4.69, 9.17) is 5.11 Å². The lowest BCUT2D eigenvalue weighted by atomic mass is 10.0. The lowest BCUT2D eigenvalue weighted by molar-refractivity contribution is -0.148. The predicted octanol–water partition coefficient (Wildman–Crippen LogP) is 2.27. The van der Waals surface area contributed by atoms with E-state index in [-0.39, 0.29) is 17.7 Å². The molecule has 0 aromatic heterocycles. The third-order valence-electron chi connectivity index (χ3n) is 4.66. The molecule has 0 heterocycles. The number of nitrogens with zero attached hydrogens (tertiary/aromatic N) is 1. The lowest BCUT2D eigenvalue weighted by Gasteiger charge is -2.22. The molecule has 0 aliphatic heterocycles. The summed E-state index contributed by atoms with van der Waals surface area (Å²) in [4.78, 5) is 24.8. The normalized spacial score (nSPS) is 27.4. The summed E-state index contributed by atoms with van der Waals surface area (Å²) in [6.45, 7) is 1.54. The Morgan fingerprint density at radius 2 is 2.15 bits per heavy atom. The molecule has 2 aliphatic carbocycles. The first-order valence-electron chi connectivity index (χ1n) is 6.69. The Labute approximate surface area is 125 Å². The minimum absolute atomic E-state index is 0.0383. The molecule has 1 fully saturated rings. The molecule has 0 bridgehead atoms. The van der Waals surface area contributed by atoms with Gasteiger partial charge in [-0.2, -0.15) is 0 Å². The highest BCUT2D eigenvalue weighted by atomic mass is 79.9. The molecule has 20 heavy (non-hydrogen) atoms. The maximum Gasteiger partial charge on any atom is 0.326 e. The molecular formula is C15H16BrNO3. The van der Waals surface area contributed by atoms with Gasteiger partial charge in [0.05, 0.1) is 0 Å². The van der Waals surface area contributed by atoms with Gasteiger partial charge in [-0.1, -0.05) is 22.0 Å². The van der Waals surface area contributed by atoms with Gasteiger partial charge in [0.1, 0.15) is 6.04 Å². The monoisotopic (exact) mass is 337 g/mol. The molecule has 0 spiro atoms. The van der Waals surface area contributed by atoms with Crippen LogP contribution < -0.4 is 0 Å². The predicted molar refractivity (Wildman–Crippen MR) is 77.4 cm³/mol. The summed E-state index contributed by atoms with van der Waals surface area (Å²) in [6.07, 6.45) is 0.930. The van der Waals surface area contributed by atoms with Gasteiger partial charge < -0.3 is 10.0 Å². The van der Waals surface area contributed by atoms with E-state index in [1.807, 2.05) is 6.07 Å². The van der Waals surface area contributed by atoms with Gasteiger partial charge in [0.15, 0.2) is 0 Å². The van der Waals surface area contributed by atoms with E-state index in [1.54, 1.807) is 14.0 Å². The number of carbonyl (C=O) groups excluding carboxylic acids is 1. The molecule has 1 saturated carbocycles. The largest absolute Gasteiger partial charge is 0.480 e. The topological polar surface area (TPSA) is 57.6 Å². The number of carboxylic acid groups (broad SMARTS) is 1. The van der Waals surface area contributed by atoms with Gasteiger partial charge in [0, 0.05) is 17.4 Å². The summed E-state index contributed by atoms with van der Waals surface area (Å²) in [7, 11) is 1.58. The Morgan fingerprint density at radius 1 is 1.45 bits per heavy atom. The van der Waals surface area contributed by atoms with Crippen LogP contribution in [0.4, 0.5) is 0 Å². The van der Waals surface area contributed by atoms with Crippen LogP contribution in [-0.2, 0) is 16.0 Å². The minimum atomic E-state index is -0.963. The molecule has 4 nitrogen and oxygen atoms in total. The molecule has 3 rings (SSSR count). The second-order valence-electron chi connectivity index (χ2n) is 5.73. The van der Waals surface area contributed by atoms with Crippen molar-refractivity contribution in [3.05, 3.63) is 33.8 Å². The molecule has 2 aliphatic rings. The van der Waals surface area contributed by atoms with Crippen molar-refractivity contribution in [2.24, 2.45) is 11.8 Å². The van der Waals surface area contributed by atoms with Crippen LogP contribution in [0.1, 0.15) is 24.0 Å². The molecule has 3 unspecified atom stereocenters. The Morgan fingerprint density at radius 3 is 2.80 bits per heavy atom. The Bertz CT molecular complexity index is 601. The average Bonchev–Trinajstić information content (AvgIpc) is 3.00. The van der Waals surface area contributed by atoms with Crippen LogP contribution in [0.25, 0.3) is 0 Å². The Balaban J connectivity index is 1.77. The van der Waals surface area contributed by atoms with Gasteiger partial charge in [-0.25, -0.2) is 4.79 Å². The van der Waals surface area contributed by atoms with E-state index < -0.39 is 12.0 Å². The summed E-state index contributed by atoms with van der Waals surface area (Å²) < 4.78 is 1.03. The molecule has 1 amide bonds. The van der Waals surface area contributed by atoms with E-state index >= 15 is 0 Å². The molecule has 1 N–H and O–H groups in total. The van der Waals surface area contributed by atoms with Crippen LogP contribution in [-0.4, -0.2) is 35.0 Å². The zero-order valence-corrected chi connectivity index (χ0v) is 12.9. The highest BCUT2D eigenvalue weighted by Gasteiger charge is 2.60. The fourth-order valence-electron chi connectivity index (χ4n) is 3.30. The van der Waals surface area contributed by atoms with Crippen molar-refractivity contribution in [2.75, 3.05) is 7.05 Å². The highest BCUT2D eigenvalue weighted by Crippen LogP contribution is 2.62. The lowest BCUT2D eigenvalue weighted by Crippen LogP contribution is -2.41. The molecule has 106 valence electrons. The van der Waals surface area contributed by atoms with Gasteiger partial charge in [-0.05, 0) is 48.4 Å². The summed E-state index contributed by atoms with van der Waals surface area (Å²) in [5, 5.41) is 9.00. The Hall–Kier alpha value is -1.36. The van der Waals surface area contributed by atoms with Gasteiger partial charge in [0.25, 0.3) is 0 Å². The molecule has 1 aromatic rings.